The summed E-state index contributed by atoms with van der Waals surface area (Å²) in [4.78, 5) is 3.69. The highest BCUT2D eigenvalue weighted by Crippen LogP contribution is 2.29. The second-order valence-electron chi connectivity index (χ2n) is 4.27. The van der Waals surface area contributed by atoms with E-state index in [2.05, 4.69) is 14.8 Å². The standard InChI is InChI=1S/C11H13Cl2N5O2S/c1-3-18-5-7(11(14)16-18)21(19,20)17-9-6(2)4-8(12)15-10(9)13/h4-5,17H,3H2,1-2H3,(H2,14,16). The number of nitrogen functional groups attached to an aromatic ring is 1. The first-order valence-corrected chi connectivity index (χ1v) is 8.17. The maximum Gasteiger partial charge on any atom is 0.267 e. The molecule has 3 N–H and O–H groups in total. The zero-order valence-corrected chi connectivity index (χ0v) is 13.6. The van der Waals surface area contributed by atoms with E-state index < -0.39 is 10.0 Å². The molecule has 0 bridgehead atoms. The molecule has 7 nitrogen and oxygen atoms in total. The second kappa shape index (κ2) is 5.70. The average Bonchev–Trinajstić information content (AvgIpc) is 2.76. The molecule has 2 aromatic heterocycles. The van der Waals surface area contributed by atoms with Crippen molar-refractivity contribution < 1.29 is 8.42 Å². The van der Waals surface area contributed by atoms with Crippen LogP contribution in [0.4, 0.5) is 11.5 Å². The number of hydrogen-bond donors (Lipinski definition) is 2. The second-order valence-corrected chi connectivity index (χ2v) is 6.66. The number of hydrogen-bond acceptors (Lipinski definition) is 5. The van der Waals surface area contributed by atoms with Gasteiger partial charge in [-0.3, -0.25) is 9.40 Å². The van der Waals surface area contributed by atoms with Crippen molar-refractivity contribution in [3.63, 3.8) is 0 Å². The molecule has 0 amide bonds. The van der Waals surface area contributed by atoms with Gasteiger partial charge < -0.3 is 5.73 Å². The van der Waals surface area contributed by atoms with Crippen LogP contribution < -0.4 is 10.5 Å². The van der Waals surface area contributed by atoms with Crippen LogP contribution >= 0.6 is 23.2 Å². The van der Waals surface area contributed by atoms with Crippen LogP contribution in [0.25, 0.3) is 0 Å². The zero-order valence-electron chi connectivity index (χ0n) is 11.3. The van der Waals surface area contributed by atoms with Crippen molar-refractivity contribution in [2.24, 2.45) is 0 Å². The Balaban J connectivity index is 2.44. The van der Waals surface area contributed by atoms with Gasteiger partial charge in [0, 0.05) is 12.7 Å². The Labute approximate surface area is 132 Å². The third-order valence-electron chi connectivity index (χ3n) is 2.75. The number of rotatable bonds is 4. The van der Waals surface area contributed by atoms with Crippen LogP contribution in [-0.2, 0) is 16.6 Å². The minimum atomic E-state index is -3.92. The number of aromatic nitrogens is 3. The molecule has 0 fully saturated rings. The molecule has 0 aliphatic heterocycles. The van der Waals surface area contributed by atoms with Gasteiger partial charge in [0.1, 0.15) is 10.0 Å². The van der Waals surface area contributed by atoms with Crippen LogP contribution in [-0.4, -0.2) is 23.2 Å². The van der Waals surface area contributed by atoms with Gasteiger partial charge in [-0.25, -0.2) is 13.4 Å². The van der Waals surface area contributed by atoms with Gasteiger partial charge in [-0.05, 0) is 25.5 Å². The SMILES string of the molecule is CCn1cc(S(=O)(=O)Nc2c(C)cc(Cl)nc2Cl)c(N)n1. The monoisotopic (exact) mass is 349 g/mol. The minimum Gasteiger partial charge on any atom is -0.381 e. The van der Waals surface area contributed by atoms with E-state index in [-0.39, 0.29) is 26.7 Å². The number of nitrogens with two attached hydrogens (primary N) is 1. The summed E-state index contributed by atoms with van der Waals surface area (Å²) in [5, 5.41) is 4.04. The van der Waals surface area contributed by atoms with Gasteiger partial charge in [0.2, 0.25) is 0 Å². The van der Waals surface area contributed by atoms with Crippen LogP contribution in [0.5, 0.6) is 0 Å². The largest absolute Gasteiger partial charge is 0.381 e. The number of halogens is 2. The molecule has 0 saturated heterocycles. The summed E-state index contributed by atoms with van der Waals surface area (Å²) in [5.41, 5.74) is 6.34. The lowest BCUT2D eigenvalue weighted by molar-refractivity contribution is 0.600. The molecule has 2 heterocycles. The van der Waals surface area contributed by atoms with Crippen LogP contribution in [0.2, 0.25) is 10.3 Å². The number of nitrogens with one attached hydrogen (secondary N) is 1. The number of aryl methyl sites for hydroxylation is 2. The lowest BCUT2D eigenvalue weighted by atomic mass is 10.3. The van der Waals surface area contributed by atoms with Crippen molar-refractivity contribution in [2.75, 3.05) is 10.5 Å². The first kappa shape index (κ1) is 15.9. The topological polar surface area (TPSA) is 103 Å². The lowest BCUT2D eigenvalue weighted by Crippen LogP contribution is -2.15. The van der Waals surface area contributed by atoms with Gasteiger partial charge in [-0.2, -0.15) is 5.10 Å². The van der Waals surface area contributed by atoms with E-state index in [1.165, 1.54) is 16.9 Å². The van der Waals surface area contributed by atoms with Crippen LogP contribution in [0, 0.1) is 6.92 Å². The first-order valence-electron chi connectivity index (χ1n) is 5.93. The first-order chi connectivity index (χ1) is 9.74. The number of anilines is 2. The van der Waals surface area contributed by atoms with E-state index in [0.29, 0.717) is 12.1 Å². The maximum absolute atomic E-state index is 12.4. The van der Waals surface area contributed by atoms with E-state index in [0.717, 1.165) is 0 Å². The fourth-order valence-electron chi connectivity index (χ4n) is 1.69. The predicted octanol–water partition coefficient (Wildman–Crippen LogP) is 2.30. The molecular formula is C11H13Cl2N5O2S. The summed E-state index contributed by atoms with van der Waals surface area (Å²) in [5.74, 6) is -0.0833. The highest BCUT2D eigenvalue weighted by atomic mass is 35.5. The van der Waals surface area contributed by atoms with Crippen LogP contribution in [0.3, 0.4) is 0 Å². The molecule has 114 valence electrons. The quantitative estimate of drug-likeness (QED) is 0.824. The summed E-state index contributed by atoms with van der Waals surface area (Å²) in [6, 6.07) is 1.50. The van der Waals surface area contributed by atoms with E-state index in [1.807, 2.05) is 6.92 Å². The lowest BCUT2D eigenvalue weighted by Gasteiger charge is -2.11. The van der Waals surface area contributed by atoms with Crippen molar-refractivity contribution in [3.8, 4) is 0 Å². The maximum atomic E-state index is 12.4. The average molecular weight is 350 g/mol. The Morgan fingerprint density at radius 1 is 1.43 bits per heavy atom. The van der Waals surface area contributed by atoms with E-state index in [1.54, 1.807) is 6.92 Å². The summed E-state index contributed by atoms with van der Waals surface area (Å²) >= 11 is 11.7. The molecule has 21 heavy (non-hydrogen) atoms. The Hall–Kier alpha value is -1.51. The third-order valence-corrected chi connectivity index (χ3v) is 4.58. The molecule has 0 radical (unpaired) electrons. The van der Waals surface area contributed by atoms with Gasteiger partial charge in [-0.15, -0.1) is 0 Å². The van der Waals surface area contributed by atoms with E-state index in [4.69, 9.17) is 28.9 Å². The third kappa shape index (κ3) is 3.22. The van der Waals surface area contributed by atoms with Crippen molar-refractivity contribution in [2.45, 2.75) is 25.3 Å². The minimum absolute atomic E-state index is 0.0370. The van der Waals surface area contributed by atoms with Gasteiger partial charge in [0.15, 0.2) is 11.0 Å². The molecule has 0 unspecified atom stereocenters. The fourth-order valence-corrected chi connectivity index (χ4v) is 3.54. The fraction of sp³-hybridized carbons (Fsp3) is 0.273. The Morgan fingerprint density at radius 2 is 2.10 bits per heavy atom. The molecule has 2 aromatic rings. The highest BCUT2D eigenvalue weighted by molar-refractivity contribution is 7.92. The zero-order chi connectivity index (χ0) is 15.8. The Kier molecular flexibility index (Phi) is 4.31. The summed E-state index contributed by atoms with van der Waals surface area (Å²) in [7, 11) is -3.92. The number of pyridine rings is 1. The van der Waals surface area contributed by atoms with Crippen LogP contribution in [0.1, 0.15) is 12.5 Å². The van der Waals surface area contributed by atoms with Gasteiger partial charge in [0.25, 0.3) is 10.0 Å². The van der Waals surface area contributed by atoms with E-state index >= 15 is 0 Å². The number of nitrogens with zero attached hydrogens (tertiary/aromatic N) is 3. The molecular weight excluding hydrogens is 337 g/mol. The number of sulfonamides is 1. The molecule has 0 saturated carbocycles. The van der Waals surface area contributed by atoms with Crippen molar-refractivity contribution in [1.82, 2.24) is 14.8 Å². The molecule has 0 spiro atoms. The van der Waals surface area contributed by atoms with Gasteiger partial charge >= 0.3 is 0 Å². The summed E-state index contributed by atoms with van der Waals surface area (Å²) in [6.45, 7) is 3.98. The molecule has 0 atom stereocenters. The van der Waals surface area contributed by atoms with Gasteiger partial charge in [-0.1, -0.05) is 23.2 Å². The normalized spacial score (nSPS) is 11.6. The predicted molar refractivity (Wildman–Crippen MR) is 82.1 cm³/mol. The van der Waals surface area contributed by atoms with Crippen molar-refractivity contribution in [1.29, 1.82) is 0 Å². The van der Waals surface area contributed by atoms with Crippen molar-refractivity contribution >= 4 is 44.7 Å². The molecule has 0 aliphatic carbocycles. The molecule has 2 rings (SSSR count). The Morgan fingerprint density at radius 3 is 2.62 bits per heavy atom. The van der Waals surface area contributed by atoms with E-state index in [9.17, 15) is 8.42 Å². The van der Waals surface area contributed by atoms with Gasteiger partial charge in [0.05, 0.1) is 5.69 Å². The molecule has 0 aliphatic rings. The Bertz CT molecular complexity index is 765. The summed E-state index contributed by atoms with van der Waals surface area (Å²) in [6.07, 6.45) is 1.35. The van der Waals surface area contributed by atoms with Crippen LogP contribution in [0.15, 0.2) is 17.2 Å². The molecule has 0 aromatic carbocycles. The molecule has 10 heteroatoms. The summed E-state index contributed by atoms with van der Waals surface area (Å²) < 4.78 is 28.5. The van der Waals surface area contributed by atoms with Crippen molar-refractivity contribution in [3.05, 3.63) is 28.1 Å². The smallest absolute Gasteiger partial charge is 0.267 e. The highest BCUT2D eigenvalue weighted by Gasteiger charge is 2.23.